The molecule has 1 unspecified atom stereocenters. The van der Waals surface area contributed by atoms with Gasteiger partial charge in [-0.25, -0.2) is 4.79 Å². The Bertz CT molecular complexity index is 1210. The smallest absolute Gasteiger partial charge is 0.356 e. The van der Waals surface area contributed by atoms with Gasteiger partial charge in [-0.3, -0.25) is 13.9 Å². The lowest BCUT2D eigenvalue weighted by molar-refractivity contribution is -0.0154. The molecule has 1 aliphatic rings. The summed E-state index contributed by atoms with van der Waals surface area (Å²) in [5, 5.41) is 2.62. The van der Waals surface area contributed by atoms with Crippen LogP contribution in [0.1, 0.15) is 114 Å². The molecule has 0 spiro atoms. The number of ether oxygens (including phenoxy) is 2. The van der Waals surface area contributed by atoms with E-state index >= 15 is 0 Å². The largest absolute Gasteiger partial charge is 0.381 e. The van der Waals surface area contributed by atoms with Crippen LogP contribution in [0.2, 0.25) is 0 Å². The first-order valence-electron chi connectivity index (χ1n) is 17.4. The van der Waals surface area contributed by atoms with E-state index in [4.69, 9.17) is 18.5 Å². The van der Waals surface area contributed by atoms with Crippen LogP contribution in [0.5, 0.6) is 0 Å². The van der Waals surface area contributed by atoms with Gasteiger partial charge < -0.3 is 23.8 Å². The second-order valence-electron chi connectivity index (χ2n) is 12.6. The van der Waals surface area contributed by atoms with Crippen molar-refractivity contribution in [3.8, 4) is 0 Å². The molecule has 0 bridgehead atoms. The summed E-state index contributed by atoms with van der Waals surface area (Å²) in [6, 6.07) is 10.2. The lowest BCUT2D eigenvalue weighted by atomic mass is 10.0. The Morgan fingerprint density at radius 1 is 0.913 bits per heavy atom. The van der Waals surface area contributed by atoms with Gasteiger partial charge in [-0.05, 0) is 37.0 Å². The average Bonchev–Trinajstić information content (AvgIpc) is 3.05. The van der Waals surface area contributed by atoms with Crippen LogP contribution >= 0.6 is 7.60 Å². The van der Waals surface area contributed by atoms with Gasteiger partial charge in [-0.1, -0.05) is 109 Å². The van der Waals surface area contributed by atoms with E-state index in [1.54, 1.807) is 30.3 Å². The van der Waals surface area contributed by atoms with E-state index in [1.165, 1.54) is 87.8 Å². The maximum atomic E-state index is 12.8. The number of amides is 1. The van der Waals surface area contributed by atoms with E-state index in [0.717, 1.165) is 18.9 Å². The molecule has 3 rings (SSSR count). The molecule has 0 saturated carbocycles. The molecule has 11 heteroatoms. The summed E-state index contributed by atoms with van der Waals surface area (Å²) in [5.41, 5.74) is -0.0705. The molecular weight excluding hydrogens is 605 g/mol. The molecule has 1 fully saturated rings. The van der Waals surface area contributed by atoms with Gasteiger partial charge in [0.05, 0.1) is 19.8 Å². The molecule has 2 heterocycles. The van der Waals surface area contributed by atoms with Crippen LogP contribution in [0, 0.1) is 5.92 Å². The number of rotatable bonds is 24. The number of benzene rings is 1. The number of hydrogen-bond acceptors (Lipinski definition) is 8. The quantitative estimate of drug-likeness (QED) is 0.0884. The second kappa shape index (κ2) is 22.3. The van der Waals surface area contributed by atoms with Crippen LogP contribution in [0.25, 0.3) is 0 Å². The van der Waals surface area contributed by atoms with Crippen molar-refractivity contribution in [2.75, 3.05) is 38.1 Å². The topological polar surface area (TPSA) is 118 Å². The minimum atomic E-state index is -3.34. The molecule has 258 valence electrons. The molecule has 1 aliphatic heterocycles. The first kappa shape index (κ1) is 38.1. The van der Waals surface area contributed by atoms with Gasteiger partial charge in [0.1, 0.15) is 18.3 Å². The molecule has 1 saturated heterocycles. The Kier molecular flexibility index (Phi) is 18.4. The molecule has 1 aromatic heterocycles. The fourth-order valence-electron chi connectivity index (χ4n) is 5.28. The maximum Gasteiger partial charge on any atom is 0.356 e. The SMILES string of the molecule is CC(C)CCCCCCCCCCCCCCOCCCOP1(=O)CO[C@@H](Cn2ccc(NC(=O)c3ccccc3)nc2=O)CO1. The van der Waals surface area contributed by atoms with E-state index < -0.39 is 19.4 Å². The number of aromatic nitrogens is 2. The van der Waals surface area contributed by atoms with Gasteiger partial charge in [0.15, 0.2) is 0 Å². The molecule has 0 radical (unpaired) electrons. The van der Waals surface area contributed by atoms with Crippen LogP contribution in [0.15, 0.2) is 47.4 Å². The Morgan fingerprint density at radius 2 is 1.54 bits per heavy atom. The molecule has 0 aliphatic carbocycles. The van der Waals surface area contributed by atoms with Crippen LogP contribution in [-0.4, -0.2) is 54.3 Å². The fourth-order valence-corrected chi connectivity index (χ4v) is 6.70. The molecule has 2 atom stereocenters. The van der Waals surface area contributed by atoms with Gasteiger partial charge in [0.25, 0.3) is 5.91 Å². The fraction of sp³-hybridized carbons (Fsp3) is 0.686. The Labute approximate surface area is 275 Å². The van der Waals surface area contributed by atoms with Crippen molar-refractivity contribution in [2.45, 2.75) is 116 Å². The van der Waals surface area contributed by atoms with Gasteiger partial charge >= 0.3 is 13.3 Å². The van der Waals surface area contributed by atoms with Crippen molar-refractivity contribution in [3.05, 3.63) is 58.6 Å². The first-order valence-corrected chi connectivity index (χ1v) is 19.1. The number of nitrogens with zero attached hydrogens (tertiary/aromatic N) is 2. The highest BCUT2D eigenvalue weighted by atomic mass is 31.2. The van der Waals surface area contributed by atoms with Crippen molar-refractivity contribution in [3.63, 3.8) is 0 Å². The molecule has 1 N–H and O–H groups in total. The predicted molar refractivity (Wildman–Crippen MR) is 182 cm³/mol. The van der Waals surface area contributed by atoms with E-state index in [-0.39, 0.29) is 37.8 Å². The summed E-state index contributed by atoms with van der Waals surface area (Å²) in [5.74, 6) is 0.653. The van der Waals surface area contributed by atoms with E-state index in [9.17, 15) is 14.2 Å². The summed E-state index contributed by atoms with van der Waals surface area (Å²) in [4.78, 5) is 28.7. The van der Waals surface area contributed by atoms with Crippen molar-refractivity contribution in [2.24, 2.45) is 5.92 Å². The minimum Gasteiger partial charge on any atom is -0.381 e. The van der Waals surface area contributed by atoms with Crippen molar-refractivity contribution >= 4 is 19.3 Å². The van der Waals surface area contributed by atoms with Gasteiger partial charge in [0.2, 0.25) is 0 Å². The van der Waals surface area contributed by atoms with Crippen molar-refractivity contribution < 1.29 is 27.9 Å². The van der Waals surface area contributed by atoms with Gasteiger partial charge in [-0.2, -0.15) is 4.98 Å². The Morgan fingerprint density at radius 3 is 2.15 bits per heavy atom. The third kappa shape index (κ3) is 16.0. The minimum absolute atomic E-state index is 0.0330. The highest BCUT2D eigenvalue weighted by Crippen LogP contribution is 2.50. The number of carbonyl (C=O) groups excluding carboxylic acids is 1. The molecule has 1 amide bonds. The third-order valence-corrected chi connectivity index (χ3v) is 9.60. The zero-order valence-electron chi connectivity index (χ0n) is 28.0. The number of unbranched alkanes of at least 4 members (excludes halogenated alkanes) is 11. The maximum absolute atomic E-state index is 12.8. The Hall–Kier alpha value is -2.36. The number of hydrogen-bond donors (Lipinski definition) is 1. The number of nitrogens with one attached hydrogen (secondary N) is 1. The standard InChI is InChI=1S/C35H56N3O7P/c1-30(2)19-14-11-9-7-5-3-4-6-8-10-12-17-24-42-25-18-26-44-46(41)29-43-32(28-45-46)27-38-23-22-33(37-35(38)40)36-34(39)31-20-15-13-16-21-31/h13,15-16,20-23,30,32H,3-12,14,17-19,24-29H2,1-2H3,(H,36,37,39,40)/t32-,46?/m0/s1. The molecule has 2 aromatic rings. The van der Waals surface area contributed by atoms with Crippen LogP contribution in [-0.2, 0) is 29.6 Å². The predicted octanol–water partition coefficient (Wildman–Crippen LogP) is 8.21. The van der Waals surface area contributed by atoms with Gasteiger partial charge in [-0.15, -0.1) is 0 Å². The van der Waals surface area contributed by atoms with E-state index in [0.29, 0.717) is 18.6 Å². The first-order chi connectivity index (χ1) is 22.3. The summed E-state index contributed by atoms with van der Waals surface area (Å²) >= 11 is 0. The average molecular weight is 662 g/mol. The number of carbonyl (C=O) groups is 1. The van der Waals surface area contributed by atoms with Crippen molar-refractivity contribution in [1.82, 2.24) is 9.55 Å². The van der Waals surface area contributed by atoms with Crippen LogP contribution in [0.3, 0.4) is 0 Å². The molecule has 46 heavy (non-hydrogen) atoms. The van der Waals surface area contributed by atoms with E-state index in [2.05, 4.69) is 24.1 Å². The zero-order chi connectivity index (χ0) is 32.9. The molecule has 10 nitrogen and oxygen atoms in total. The molecule has 1 aromatic carbocycles. The van der Waals surface area contributed by atoms with Crippen molar-refractivity contribution in [1.29, 1.82) is 0 Å². The lowest BCUT2D eigenvalue weighted by Crippen LogP contribution is -2.35. The second-order valence-corrected chi connectivity index (χ2v) is 14.6. The normalized spacial score (nSPS) is 18.2. The molecular formula is C35H56N3O7P. The Balaban J connectivity index is 1.14. The van der Waals surface area contributed by atoms with Crippen LogP contribution in [0.4, 0.5) is 5.82 Å². The van der Waals surface area contributed by atoms with E-state index in [1.807, 2.05) is 6.07 Å². The van der Waals surface area contributed by atoms with Gasteiger partial charge in [0, 0.05) is 25.0 Å². The number of anilines is 1. The lowest BCUT2D eigenvalue weighted by Gasteiger charge is -2.29. The highest BCUT2D eigenvalue weighted by molar-refractivity contribution is 7.53. The van der Waals surface area contributed by atoms with Crippen LogP contribution < -0.4 is 11.0 Å². The summed E-state index contributed by atoms with van der Waals surface area (Å²) in [7, 11) is -3.34. The zero-order valence-corrected chi connectivity index (χ0v) is 28.9. The summed E-state index contributed by atoms with van der Waals surface area (Å²) in [6.07, 6.45) is 18.8. The highest BCUT2D eigenvalue weighted by Gasteiger charge is 2.33. The third-order valence-electron chi connectivity index (χ3n) is 8.02. The summed E-state index contributed by atoms with van der Waals surface area (Å²) in [6.45, 7) is 6.39. The summed E-state index contributed by atoms with van der Waals surface area (Å²) < 4.78 is 36.6. The monoisotopic (exact) mass is 661 g/mol.